The highest BCUT2D eigenvalue weighted by molar-refractivity contribution is 7.89. The smallest absolute Gasteiger partial charge is 0.239 e. The van der Waals surface area contributed by atoms with Crippen LogP contribution in [0, 0.1) is 0 Å². The fourth-order valence-electron chi connectivity index (χ4n) is 3.40. The van der Waals surface area contributed by atoms with E-state index in [1.54, 1.807) is 6.07 Å². The summed E-state index contributed by atoms with van der Waals surface area (Å²) >= 11 is 6.34. The van der Waals surface area contributed by atoms with Crippen molar-refractivity contribution in [2.24, 2.45) is 5.14 Å². The van der Waals surface area contributed by atoms with E-state index in [4.69, 9.17) is 21.8 Å². The quantitative estimate of drug-likeness (QED) is 0.444. The molecule has 0 unspecified atom stereocenters. The number of primary sulfonamides is 1. The predicted octanol–water partition coefficient (Wildman–Crippen LogP) is 3.93. The van der Waals surface area contributed by atoms with Crippen molar-refractivity contribution in [2.75, 3.05) is 11.9 Å². The van der Waals surface area contributed by atoms with Crippen molar-refractivity contribution >= 4 is 27.4 Å². The molecule has 0 saturated carbocycles. The van der Waals surface area contributed by atoms with E-state index in [9.17, 15) is 8.42 Å². The number of sulfonamides is 1. The summed E-state index contributed by atoms with van der Waals surface area (Å²) in [6.07, 6.45) is 3.26. The maximum Gasteiger partial charge on any atom is 0.239 e. The molecule has 4 aromatic rings. The number of nitrogens with two attached hydrogens (primary N) is 1. The Morgan fingerprint density at radius 2 is 1.72 bits per heavy atom. The zero-order chi connectivity index (χ0) is 22.7. The average molecular weight is 468 g/mol. The zero-order valence-corrected chi connectivity index (χ0v) is 19.0. The highest BCUT2D eigenvalue weighted by Crippen LogP contribution is 2.26. The number of aromatic nitrogens is 3. The van der Waals surface area contributed by atoms with E-state index < -0.39 is 10.0 Å². The van der Waals surface area contributed by atoms with E-state index >= 15 is 0 Å². The van der Waals surface area contributed by atoms with Gasteiger partial charge in [-0.25, -0.2) is 18.5 Å². The van der Waals surface area contributed by atoms with Crippen LogP contribution in [0.5, 0.6) is 0 Å². The molecule has 0 saturated heterocycles. The Kier molecular flexibility index (Phi) is 6.27. The highest BCUT2D eigenvalue weighted by atomic mass is 35.5. The molecule has 0 fully saturated rings. The van der Waals surface area contributed by atoms with Crippen LogP contribution in [0.4, 0.5) is 5.82 Å². The first-order valence-electron chi connectivity index (χ1n) is 9.86. The largest absolute Gasteiger partial charge is 0.355 e. The summed E-state index contributed by atoms with van der Waals surface area (Å²) in [5.74, 6) is 0.621. The first-order valence-corrected chi connectivity index (χ1v) is 11.8. The van der Waals surface area contributed by atoms with Gasteiger partial charge in [-0.1, -0.05) is 60.1 Å². The van der Waals surface area contributed by atoms with Crippen LogP contribution in [0.1, 0.15) is 11.1 Å². The molecule has 0 bridgehead atoms. The van der Waals surface area contributed by atoms with Crippen molar-refractivity contribution in [3.8, 4) is 11.3 Å². The SMILES string of the molecule is CN(Cc1cn(Cc2ccccc2Cl)nc1-c1ccccc1)c1ccc(S(N)(=O)=O)cn1. The van der Waals surface area contributed by atoms with Crippen molar-refractivity contribution in [3.05, 3.63) is 95.3 Å². The maximum absolute atomic E-state index is 11.5. The number of anilines is 1. The molecule has 0 spiro atoms. The summed E-state index contributed by atoms with van der Waals surface area (Å²) in [5.41, 5.74) is 3.86. The van der Waals surface area contributed by atoms with Gasteiger partial charge >= 0.3 is 0 Å². The van der Waals surface area contributed by atoms with Gasteiger partial charge in [-0.05, 0) is 23.8 Å². The second kappa shape index (κ2) is 9.12. The van der Waals surface area contributed by atoms with E-state index in [1.165, 1.54) is 12.3 Å². The molecule has 0 aliphatic carbocycles. The van der Waals surface area contributed by atoms with Gasteiger partial charge in [0.05, 0.1) is 12.2 Å². The van der Waals surface area contributed by atoms with Crippen molar-refractivity contribution < 1.29 is 8.42 Å². The molecule has 2 aromatic carbocycles. The fourth-order valence-corrected chi connectivity index (χ4v) is 4.06. The van der Waals surface area contributed by atoms with Gasteiger partial charge in [-0.3, -0.25) is 4.68 Å². The molecule has 2 heterocycles. The second-order valence-corrected chi connectivity index (χ2v) is 9.38. The van der Waals surface area contributed by atoms with Crippen LogP contribution in [0.25, 0.3) is 11.3 Å². The van der Waals surface area contributed by atoms with Gasteiger partial charge < -0.3 is 4.90 Å². The van der Waals surface area contributed by atoms with Crippen LogP contribution in [-0.4, -0.2) is 30.2 Å². The third-order valence-electron chi connectivity index (χ3n) is 5.02. The van der Waals surface area contributed by atoms with Gasteiger partial charge in [-0.2, -0.15) is 5.10 Å². The molecule has 32 heavy (non-hydrogen) atoms. The molecule has 2 N–H and O–H groups in total. The van der Waals surface area contributed by atoms with Crippen LogP contribution in [0.2, 0.25) is 5.02 Å². The summed E-state index contributed by atoms with van der Waals surface area (Å²) < 4.78 is 24.9. The molecule has 0 aliphatic rings. The number of halogens is 1. The minimum absolute atomic E-state index is 0.0211. The Balaban J connectivity index is 1.64. The molecule has 7 nitrogen and oxygen atoms in total. The highest BCUT2D eigenvalue weighted by Gasteiger charge is 2.16. The average Bonchev–Trinajstić information content (AvgIpc) is 3.17. The lowest BCUT2D eigenvalue weighted by Crippen LogP contribution is -2.19. The van der Waals surface area contributed by atoms with Crippen molar-refractivity contribution in [3.63, 3.8) is 0 Å². The molecule has 0 atom stereocenters. The summed E-state index contributed by atoms with van der Waals surface area (Å²) in [5, 5.41) is 10.7. The Morgan fingerprint density at radius 3 is 2.38 bits per heavy atom. The molecule has 164 valence electrons. The van der Waals surface area contributed by atoms with Gasteiger partial charge in [0.2, 0.25) is 10.0 Å². The molecule has 2 aromatic heterocycles. The lowest BCUT2D eigenvalue weighted by Gasteiger charge is -2.18. The van der Waals surface area contributed by atoms with Crippen LogP contribution in [0.15, 0.2) is 84.0 Å². The third-order valence-corrected chi connectivity index (χ3v) is 6.29. The lowest BCUT2D eigenvalue weighted by atomic mass is 10.1. The monoisotopic (exact) mass is 467 g/mol. The van der Waals surface area contributed by atoms with E-state index in [0.717, 1.165) is 22.4 Å². The van der Waals surface area contributed by atoms with Gasteiger partial charge in [0, 0.05) is 42.1 Å². The molecule has 0 radical (unpaired) electrons. The fraction of sp³-hybridized carbons (Fsp3) is 0.130. The first-order chi connectivity index (χ1) is 15.3. The number of hydrogen-bond acceptors (Lipinski definition) is 5. The van der Waals surface area contributed by atoms with Crippen molar-refractivity contribution in [1.82, 2.24) is 14.8 Å². The molecule has 0 aliphatic heterocycles. The summed E-state index contributed by atoms with van der Waals surface area (Å²) in [6, 6.07) is 20.7. The predicted molar refractivity (Wildman–Crippen MR) is 126 cm³/mol. The van der Waals surface area contributed by atoms with Gasteiger partial charge in [-0.15, -0.1) is 0 Å². The van der Waals surface area contributed by atoms with E-state index in [2.05, 4.69) is 4.98 Å². The van der Waals surface area contributed by atoms with E-state index in [-0.39, 0.29) is 4.90 Å². The minimum atomic E-state index is -3.78. The normalized spacial score (nSPS) is 11.5. The van der Waals surface area contributed by atoms with E-state index in [1.807, 2.05) is 77.4 Å². The molecule has 0 amide bonds. The Morgan fingerprint density at radius 1 is 1.00 bits per heavy atom. The van der Waals surface area contributed by atoms with Crippen LogP contribution < -0.4 is 10.0 Å². The zero-order valence-electron chi connectivity index (χ0n) is 17.4. The Hall–Kier alpha value is -3.20. The van der Waals surface area contributed by atoms with Gasteiger partial charge in [0.15, 0.2) is 0 Å². The first kappa shape index (κ1) is 22.0. The third kappa shape index (κ3) is 4.99. The summed E-state index contributed by atoms with van der Waals surface area (Å²) in [6.45, 7) is 1.07. The topological polar surface area (TPSA) is 94.1 Å². The number of benzene rings is 2. The molecular formula is C23H22ClN5O2S. The minimum Gasteiger partial charge on any atom is -0.355 e. The van der Waals surface area contributed by atoms with Crippen LogP contribution in [-0.2, 0) is 23.1 Å². The number of hydrogen-bond donors (Lipinski definition) is 1. The van der Waals surface area contributed by atoms with Crippen molar-refractivity contribution in [2.45, 2.75) is 18.0 Å². The summed E-state index contributed by atoms with van der Waals surface area (Å²) in [7, 11) is -1.89. The number of rotatable bonds is 7. The molecule has 9 heteroatoms. The maximum atomic E-state index is 11.5. The molecular weight excluding hydrogens is 446 g/mol. The number of nitrogens with zero attached hydrogens (tertiary/aromatic N) is 4. The number of pyridine rings is 1. The van der Waals surface area contributed by atoms with Crippen LogP contribution >= 0.6 is 11.6 Å². The second-order valence-electron chi connectivity index (χ2n) is 7.41. The lowest BCUT2D eigenvalue weighted by molar-refractivity contribution is 0.597. The van der Waals surface area contributed by atoms with Gasteiger partial charge in [0.25, 0.3) is 0 Å². The Labute approximate surface area is 192 Å². The molecule has 4 rings (SSSR count). The van der Waals surface area contributed by atoms with E-state index in [0.29, 0.717) is 23.9 Å². The van der Waals surface area contributed by atoms with Crippen molar-refractivity contribution in [1.29, 1.82) is 0 Å². The summed E-state index contributed by atoms with van der Waals surface area (Å²) in [4.78, 5) is 6.16. The van der Waals surface area contributed by atoms with Crippen LogP contribution in [0.3, 0.4) is 0 Å². The van der Waals surface area contributed by atoms with Gasteiger partial charge in [0.1, 0.15) is 10.7 Å². The Bertz CT molecular complexity index is 1320. The standard InChI is InChI=1S/C23H22ClN5O2S/c1-28(22-12-11-20(13-26-22)32(25,30)31)14-19-16-29(15-18-9-5-6-10-21(18)24)27-23(19)17-7-3-2-4-8-17/h2-13,16H,14-15H2,1H3,(H2,25,30,31).